The van der Waals surface area contributed by atoms with Crippen LogP contribution >= 0.6 is 0 Å². The van der Waals surface area contributed by atoms with Gasteiger partial charge in [-0.1, -0.05) is 5.76 Å². The number of allylic oxidation sites excluding steroid dienone is 1. The summed E-state index contributed by atoms with van der Waals surface area (Å²) in [5.74, 6) is -6.18. The van der Waals surface area contributed by atoms with Gasteiger partial charge >= 0.3 is 12.4 Å². The van der Waals surface area contributed by atoms with Crippen molar-refractivity contribution in [3.8, 4) is 0 Å². The molecule has 22 heavy (non-hydrogen) atoms. The van der Waals surface area contributed by atoms with Crippen LogP contribution in [-0.2, 0) is 11.0 Å². The number of alkyl halides is 6. The molecule has 0 radical (unpaired) electrons. The number of hydrogen-bond donors (Lipinski definition) is 0. The van der Waals surface area contributed by atoms with Crippen LogP contribution in [0.1, 0.15) is 11.1 Å². The van der Waals surface area contributed by atoms with Gasteiger partial charge in [0.2, 0.25) is 5.69 Å². The Labute approximate surface area is 118 Å². The van der Waals surface area contributed by atoms with E-state index in [9.17, 15) is 40.6 Å². The van der Waals surface area contributed by atoms with Gasteiger partial charge in [0.1, 0.15) is 5.82 Å². The van der Waals surface area contributed by atoms with Crippen LogP contribution in [0.2, 0.25) is 0 Å². The van der Waals surface area contributed by atoms with Crippen LogP contribution in [0.5, 0.6) is 0 Å². The molecular weight excluding hydrogens is 323 g/mol. The molecule has 118 valence electrons. The average molecular weight is 326 g/mol. The Bertz CT molecular complexity index is 680. The quantitative estimate of drug-likeness (QED) is 0.362. The first-order valence-corrected chi connectivity index (χ1v) is 5.16. The largest absolute Gasteiger partial charge is 0.872 e. The molecule has 0 aliphatic rings. The molecule has 0 bridgehead atoms. The summed E-state index contributed by atoms with van der Waals surface area (Å²) in [6.45, 7) is 6.48. The summed E-state index contributed by atoms with van der Waals surface area (Å²) in [6, 6.07) is -0.0415. The summed E-state index contributed by atoms with van der Waals surface area (Å²) >= 11 is 0. The Morgan fingerprint density at radius 3 is 2.14 bits per heavy atom. The van der Waals surface area contributed by atoms with Crippen molar-refractivity contribution in [1.29, 1.82) is 0 Å². The Kier molecular flexibility index (Phi) is 4.50. The molecule has 0 spiro atoms. The summed E-state index contributed by atoms with van der Waals surface area (Å²) in [5.41, 5.74) is -4.36. The van der Waals surface area contributed by atoms with E-state index in [4.69, 9.17) is 6.57 Å². The number of nitrogens with zero attached hydrogens (tertiary/aromatic N) is 1. The van der Waals surface area contributed by atoms with Crippen LogP contribution in [0, 0.1) is 12.4 Å². The topological polar surface area (TPSA) is 44.5 Å². The number of carbonyl (C=O) groups is 1. The molecular formula is C12H3F7NO2-. The molecule has 1 aromatic carbocycles. The molecule has 1 aromatic rings. The maximum atomic E-state index is 13.3. The molecule has 0 aromatic heterocycles. The van der Waals surface area contributed by atoms with Crippen molar-refractivity contribution in [2.45, 2.75) is 12.4 Å². The second-order valence-corrected chi connectivity index (χ2v) is 3.83. The Hall–Kier alpha value is -2.57. The minimum absolute atomic E-state index is 0.0124. The molecule has 10 heteroatoms. The second-order valence-electron chi connectivity index (χ2n) is 3.83. The van der Waals surface area contributed by atoms with E-state index in [1.54, 1.807) is 0 Å². The standard InChI is InChI=1S/C12H4F7NO2/c1-20-8-3-6(11(14,15)16)5(2-7(8)13)9(21)4-10(22)12(17,18)19/h2-4,21H/p-1/b9-4-. The number of carbonyl (C=O) groups excluding carboxylic acids is 1. The summed E-state index contributed by atoms with van der Waals surface area (Å²) in [5, 5.41) is 11.4. The average Bonchev–Trinajstić information content (AvgIpc) is 2.35. The Balaban J connectivity index is 3.54. The van der Waals surface area contributed by atoms with Crippen molar-refractivity contribution in [1.82, 2.24) is 0 Å². The summed E-state index contributed by atoms with van der Waals surface area (Å²) < 4.78 is 87.5. The zero-order valence-corrected chi connectivity index (χ0v) is 10.1. The van der Waals surface area contributed by atoms with Gasteiger partial charge in [-0.3, -0.25) is 4.79 Å². The fourth-order valence-electron chi connectivity index (χ4n) is 1.36. The first kappa shape index (κ1) is 17.5. The molecule has 0 saturated carbocycles. The molecule has 0 saturated heterocycles. The van der Waals surface area contributed by atoms with Gasteiger partial charge in [0.15, 0.2) is 0 Å². The molecule has 0 atom stereocenters. The highest BCUT2D eigenvalue weighted by atomic mass is 19.4. The summed E-state index contributed by atoms with van der Waals surface area (Å²) in [4.78, 5) is 13.0. The van der Waals surface area contributed by atoms with E-state index in [-0.39, 0.29) is 12.1 Å². The van der Waals surface area contributed by atoms with Crippen LogP contribution in [0.25, 0.3) is 10.6 Å². The van der Waals surface area contributed by atoms with E-state index in [2.05, 4.69) is 4.85 Å². The van der Waals surface area contributed by atoms with Crippen LogP contribution < -0.4 is 5.11 Å². The van der Waals surface area contributed by atoms with Gasteiger partial charge in [0, 0.05) is 0 Å². The Morgan fingerprint density at radius 2 is 1.73 bits per heavy atom. The predicted molar refractivity (Wildman–Crippen MR) is 56.7 cm³/mol. The van der Waals surface area contributed by atoms with Crippen molar-refractivity contribution >= 4 is 17.2 Å². The number of benzene rings is 1. The van der Waals surface area contributed by atoms with Gasteiger partial charge in [0.25, 0.3) is 5.78 Å². The van der Waals surface area contributed by atoms with E-state index >= 15 is 0 Å². The van der Waals surface area contributed by atoms with Crippen LogP contribution in [0.15, 0.2) is 18.2 Å². The summed E-state index contributed by atoms with van der Waals surface area (Å²) in [7, 11) is 0. The van der Waals surface area contributed by atoms with Crippen molar-refractivity contribution < 1.29 is 40.6 Å². The molecule has 0 N–H and O–H groups in total. The molecule has 0 aliphatic carbocycles. The summed E-state index contributed by atoms with van der Waals surface area (Å²) in [6.07, 6.45) is -11.3. The number of hydrogen-bond acceptors (Lipinski definition) is 2. The third-order valence-electron chi connectivity index (χ3n) is 2.32. The minimum Gasteiger partial charge on any atom is -0.872 e. The normalized spacial score (nSPS) is 12.9. The number of rotatable bonds is 2. The predicted octanol–water partition coefficient (Wildman–Crippen LogP) is 3.23. The van der Waals surface area contributed by atoms with Gasteiger partial charge in [0.05, 0.1) is 12.1 Å². The van der Waals surface area contributed by atoms with E-state index in [0.717, 1.165) is 0 Å². The lowest BCUT2D eigenvalue weighted by atomic mass is 10.0. The van der Waals surface area contributed by atoms with Gasteiger partial charge in [-0.15, -0.1) is 0 Å². The fourth-order valence-corrected chi connectivity index (χ4v) is 1.36. The number of halogens is 7. The number of ketones is 1. The zero-order valence-electron chi connectivity index (χ0n) is 10.1. The lowest BCUT2D eigenvalue weighted by Crippen LogP contribution is -2.22. The van der Waals surface area contributed by atoms with Crippen molar-refractivity contribution in [2.24, 2.45) is 0 Å². The third-order valence-corrected chi connectivity index (χ3v) is 2.32. The van der Waals surface area contributed by atoms with Crippen molar-refractivity contribution in [3.05, 3.63) is 46.6 Å². The maximum Gasteiger partial charge on any atom is 0.454 e. The highest BCUT2D eigenvalue weighted by Crippen LogP contribution is 2.37. The maximum absolute atomic E-state index is 13.3. The van der Waals surface area contributed by atoms with E-state index < -0.39 is 52.6 Å². The highest BCUT2D eigenvalue weighted by Gasteiger charge is 2.37. The van der Waals surface area contributed by atoms with Crippen LogP contribution in [0.4, 0.5) is 36.4 Å². The van der Waals surface area contributed by atoms with Crippen LogP contribution in [-0.4, -0.2) is 12.0 Å². The molecule has 3 nitrogen and oxygen atoms in total. The van der Waals surface area contributed by atoms with Gasteiger partial charge < -0.3 is 5.11 Å². The van der Waals surface area contributed by atoms with Gasteiger partial charge in [-0.05, 0) is 23.8 Å². The van der Waals surface area contributed by atoms with Gasteiger partial charge in [-0.25, -0.2) is 9.24 Å². The van der Waals surface area contributed by atoms with Gasteiger partial charge in [-0.2, -0.15) is 26.3 Å². The molecule has 0 heterocycles. The van der Waals surface area contributed by atoms with Crippen LogP contribution in [0.3, 0.4) is 0 Å². The Morgan fingerprint density at radius 1 is 1.18 bits per heavy atom. The van der Waals surface area contributed by atoms with E-state index in [1.807, 2.05) is 0 Å². The second kappa shape index (κ2) is 5.67. The molecule has 1 rings (SSSR count). The molecule has 0 fully saturated rings. The molecule has 0 amide bonds. The van der Waals surface area contributed by atoms with Crippen molar-refractivity contribution in [3.63, 3.8) is 0 Å². The molecule has 0 unspecified atom stereocenters. The third kappa shape index (κ3) is 3.75. The highest BCUT2D eigenvalue weighted by molar-refractivity contribution is 5.99. The lowest BCUT2D eigenvalue weighted by Gasteiger charge is -2.19. The zero-order chi connectivity index (χ0) is 17.3. The van der Waals surface area contributed by atoms with E-state index in [0.29, 0.717) is 0 Å². The minimum atomic E-state index is -5.46. The molecule has 0 aliphatic heterocycles. The first-order valence-electron chi connectivity index (χ1n) is 5.16. The smallest absolute Gasteiger partial charge is 0.454 e. The first-order chi connectivity index (χ1) is 9.87. The fraction of sp³-hybridized carbons (Fsp3) is 0.167. The SMILES string of the molecule is [C-]#[N+]c1cc(C(F)(F)F)c(/C([O-])=C/C(=O)C(F)(F)F)cc1F. The lowest BCUT2D eigenvalue weighted by molar-refractivity contribution is -0.245. The van der Waals surface area contributed by atoms with Crippen molar-refractivity contribution in [2.75, 3.05) is 0 Å². The van der Waals surface area contributed by atoms with E-state index in [1.165, 1.54) is 0 Å². The monoisotopic (exact) mass is 326 g/mol.